The van der Waals surface area contributed by atoms with Crippen molar-refractivity contribution in [3.63, 3.8) is 0 Å². The zero-order chi connectivity index (χ0) is 9.65. The molecule has 2 saturated carbocycles. The van der Waals surface area contributed by atoms with Crippen LogP contribution >= 0.6 is 0 Å². The topological polar surface area (TPSA) is 26.0 Å². The number of rotatable bonds is 2. The van der Waals surface area contributed by atoms with Crippen LogP contribution in [0.5, 0.6) is 0 Å². The van der Waals surface area contributed by atoms with Crippen molar-refractivity contribution in [1.29, 1.82) is 0 Å². The highest BCUT2D eigenvalue weighted by atomic mass is 14.9. The summed E-state index contributed by atoms with van der Waals surface area (Å²) in [5, 5.41) is 0. The van der Waals surface area contributed by atoms with Crippen LogP contribution in [0, 0.1) is 0 Å². The maximum atomic E-state index is 6.42. The average molecular weight is 187 g/mol. The molecule has 0 aliphatic heterocycles. The number of nitrogens with two attached hydrogens (primary N) is 1. The maximum absolute atomic E-state index is 6.42. The first-order valence-corrected chi connectivity index (χ1v) is 5.61. The minimum atomic E-state index is 0.145. The van der Waals surface area contributed by atoms with E-state index in [0.717, 1.165) is 0 Å². The zero-order valence-electron chi connectivity index (χ0n) is 8.50. The standard InChI is InChI=1S/C13H17N/c14-13(9-10-13)12(7-4-8-12)11-5-2-1-3-6-11/h1-3,5-6H,4,7-10,14H2. The third-order valence-electron chi connectivity index (χ3n) is 4.28. The van der Waals surface area contributed by atoms with Crippen molar-refractivity contribution >= 4 is 0 Å². The third-order valence-corrected chi connectivity index (χ3v) is 4.28. The zero-order valence-corrected chi connectivity index (χ0v) is 8.50. The van der Waals surface area contributed by atoms with Crippen molar-refractivity contribution in [2.24, 2.45) is 5.73 Å². The Morgan fingerprint density at radius 2 is 1.57 bits per heavy atom. The van der Waals surface area contributed by atoms with Crippen LogP contribution in [0.2, 0.25) is 0 Å². The molecule has 2 aliphatic carbocycles. The minimum absolute atomic E-state index is 0.145. The van der Waals surface area contributed by atoms with Gasteiger partial charge in [0.05, 0.1) is 0 Å². The van der Waals surface area contributed by atoms with Gasteiger partial charge in [-0.15, -0.1) is 0 Å². The minimum Gasteiger partial charge on any atom is -0.324 e. The molecule has 1 aromatic rings. The fraction of sp³-hybridized carbons (Fsp3) is 0.538. The summed E-state index contributed by atoms with van der Waals surface area (Å²) in [5.41, 5.74) is 8.38. The summed E-state index contributed by atoms with van der Waals surface area (Å²) in [7, 11) is 0. The van der Waals surface area contributed by atoms with Crippen LogP contribution in [0.1, 0.15) is 37.7 Å². The molecule has 0 spiro atoms. The van der Waals surface area contributed by atoms with Crippen LogP contribution in [-0.2, 0) is 5.41 Å². The normalized spacial score (nSPS) is 26.6. The van der Waals surface area contributed by atoms with E-state index < -0.39 is 0 Å². The van der Waals surface area contributed by atoms with E-state index in [0.29, 0.717) is 5.41 Å². The van der Waals surface area contributed by atoms with E-state index in [1.165, 1.54) is 37.7 Å². The van der Waals surface area contributed by atoms with Gasteiger partial charge in [-0.2, -0.15) is 0 Å². The largest absolute Gasteiger partial charge is 0.324 e. The Balaban J connectivity index is 2.02. The lowest BCUT2D eigenvalue weighted by Crippen LogP contribution is -2.52. The highest BCUT2D eigenvalue weighted by molar-refractivity contribution is 5.37. The molecular formula is C13H17N. The summed E-state index contributed by atoms with van der Waals surface area (Å²) in [5.74, 6) is 0. The van der Waals surface area contributed by atoms with Crippen molar-refractivity contribution in [3.05, 3.63) is 35.9 Å². The quantitative estimate of drug-likeness (QED) is 0.756. The molecule has 0 bridgehead atoms. The lowest BCUT2D eigenvalue weighted by atomic mass is 9.59. The molecule has 0 heterocycles. The molecule has 0 radical (unpaired) electrons. The van der Waals surface area contributed by atoms with Crippen molar-refractivity contribution in [2.45, 2.75) is 43.1 Å². The van der Waals surface area contributed by atoms with Gasteiger partial charge in [-0.1, -0.05) is 36.8 Å². The van der Waals surface area contributed by atoms with Crippen molar-refractivity contribution < 1.29 is 0 Å². The Bertz CT molecular complexity index is 334. The summed E-state index contributed by atoms with van der Waals surface area (Å²) in [6.45, 7) is 0. The maximum Gasteiger partial charge on any atom is 0.0253 e. The molecule has 2 fully saturated rings. The monoisotopic (exact) mass is 187 g/mol. The fourth-order valence-corrected chi connectivity index (χ4v) is 2.97. The lowest BCUT2D eigenvalue weighted by Gasteiger charge is -2.47. The predicted octanol–water partition coefficient (Wildman–Crippen LogP) is 2.60. The van der Waals surface area contributed by atoms with Gasteiger partial charge in [-0.05, 0) is 31.2 Å². The first-order chi connectivity index (χ1) is 6.77. The van der Waals surface area contributed by atoms with Crippen LogP contribution < -0.4 is 5.73 Å². The van der Waals surface area contributed by atoms with E-state index in [-0.39, 0.29) is 5.54 Å². The predicted molar refractivity (Wildman–Crippen MR) is 58.1 cm³/mol. The van der Waals surface area contributed by atoms with Gasteiger partial charge in [0.2, 0.25) is 0 Å². The van der Waals surface area contributed by atoms with Gasteiger partial charge in [0, 0.05) is 11.0 Å². The summed E-state index contributed by atoms with van der Waals surface area (Å²) in [6.07, 6.45) is 6.40. The van der Waals surface area contributed by atoms with E-state index >= 15 is 0 Å². The molecule has 0 unspecified atom stereocenters. The molecule has 1 heteroatoms. The van der Waals surface area contributed by atoms with Crippen LogP contribution in [-0.4, -0.2) is 5.54 Å². The van der Waals surface area contributed by atoms with Crippen molar-refractivity contribution in [1.82, 2.24) is 0 Å². The SMILES string of the molecule is NC1(C2(c3ccccc3)CCC2)CC1. The molecule has 74 valence electrons. The van der Waals surface area contributed by atoms with Crippen LogP contribution in [0.25, 0.3) is 0 Å². The average Bonchev–Trinajstić information content (AvgIpc) is 2.84. The second-order valence-electron chi connectivity index (χ2n) is 4.96. The Labute approximate surface area is 85.3 Å². The Hall–Kier alpha value is -0.820. The molecule has 3 rings (SSSR count). The molecule has 1 aromatic carbocycles. The Morgan fingerprint density at radius 1 is 0.929 bits per heavy atom. The third kappa shape index (κ3) is 0.936. The van der Waals surface area contributed by atoms with Crippen LogP contribution in [0.4, 0.5) is 0 Å². The molecule has 0 saturated heterocycles. The van der Waals surface area contributed by atoms with Gasteiger partial charge in [-0.3, -0.25) is 0 Å². The van der Waals surface area contributed by atoms with Gasteiger partial charge in [-0.25, -0.2) is 0 Å². The molecule has 0 aromatic heterocycles. The highest BCUT2D eigenvalue weighted by Crippen LogP contribution is 2.59. The second-order valence-corrected chi connectivity index (χ2v) is 4.96. The molecule has 2 aliphatic rings. The fourth-order valence-electron chi connectivity index (χ4n) is 2.97. The van der Waals surface area contributed by atoms with Gasteiger partial charge < -0.3 is 5.73 Å². The van der Waals surface area contributed by atoms with Crippen LogP contribution in [0.15, 0.2) is 30.3 Å². The first-order valence-electron chi connectivity index (χ1n) is 5.61. The van der Waals surface area contributed by atoms with E-state index in [4.69, 9.17) is 5.73 Å². The second kappa shape index (κ2) is 2.60. The first kappa shape index (κ1) is 8.49. The summed E-state index contributed by atoms with van der Waals surface area (Å²) >= 11 is 0. The summed E-state index contributed by atoms with van der Waals surface area (Å²) in [4.78, 5) is 0. The molecule has 0 atom stereocenters. The number of hydrogen-bond acceptors (Lipinski definition) is 1. The van der Waals surface area contributed by atoms with E-state index in [9.17, 15) is 0 Å². The van der Waals surface area contributed by atoms with Gasteiger partial charge in [0.15, 0.2) is 0 Å². The molecule has 14 heavy (non-hydrogen) atoms. The van der Waals surface area contributed by atoms with Gasteiger partial charge >= 0.3 is 0 Å². The van der Waals surface area contributed by atoms with Gasteiger partial charge in [0.1, 0.15) is 0 Å². The highest BCUT2D eigenvalue weighted by Gasteiger charge is 2.59. The van der Waals surface area contributed by atoms with E-state index in [2.05, 4.69) is 30.3 Å². The smallest absolute Gasteiger partial charge is 0.0253 e. The van der Waals surface area contributed by atoms with Crippen LogP contribution in [0.3, 0.4) is 0 Å². The number of hydrogen-bond donors (Lipinski definition) is 1. The lowest BCUT2D eigenvalue weighted by molar-refractivity contribution is 0.181. The summed E-state index contributed by atoms with van der Waals surface area (Å²) in [6, 6.07) is 10.9. The van der Waals surface area contributed by atoms with Crippen molar-refractivity contribution in [2.75, 3.05) is 0 Å². The Morgan fingerprint density at radius 3 is 2.00 bits per heavy atom. The molecule has 1 nitrogen and oxygen atoms in total. The van der Waals surface area contributed by atoms with E-state index in [1.807, 2.05) is 0 Å². The Kier molecular flexibility index (Phi) is 1.58. The van der Waals surface area contributed by atoms with Gasteiger partial charge in [0.25, 0.3) is 0 Å². The molecule has 0 amide bonds. The molecular weight excluding hydrogens is 170 g/mol. The molecule has 2 N–H and O–H groups in total. The summed E-state index contributed by atoms with van der Waals surface area (Å²) < 4.78 is 0. The van der Waals surface area contributed by atoms with E-state index in [1.54, 1.807) is 0 Å². The number of benzene rings is 1. The van der Waals surface area contributed by atoms with Crippen molar-refractivity contribution in [3.8, 4) is 0 Å².